The van der Waals surface area contributed by atoms with Crippen molar-refractivity contribution in [2.45, 2.75) is 30.7 Å². The fourth-order valence-electron chi connectivity index (χ4n) is 1.69. The maximum absolute atomic E-state index is 12.9. The molecule has 0 bridgehead atoms. The van der Waals surface area contributed by atoms with Crippen LogP contribution in [0.5, 0.6) is 0 Å². The van der Waals surface area contributed by atoms with Gasteiger partial charge in [0.05, 0.1) is 10.6 Å². The Balaban J connectivity index is 2.21. The van der Waals surface area contributed by atoms with E-state index in [4.69, 9.17) is 5.73 Å². The van der Waals surface area contributed by atoms with Crippen molar-refractivity contribution < 1.29 is 12.8 Å². The molecule has 1 atom stereocenters. The zero-order chi connectivity index (χ0) is 12.6. The normalized spacial score (nSPS) is 18.0. The van der Waals surface area contributed by atoms with Crippen LogP contribution in [0, 0.1) is 11.7 Å². The first-order valence-electron chi connectivity index (χ1n) is 5.47. The molecule has 1 aromatic rings. The summed E-state index contributed by atoms with van der Waals surface area (Å²) in [6.07, 6.45) is 2.10. The van der Waals surface area contributed by atoms with Crippen LogP contribution < -0.4 is 10.5 Å². The second-order valence-electron chi connectivity index (χ2n) is 4.43. The van der Waals surface area contributed by atoms with Crippen LogP contribution in [0.4, 0.5) is 10.1 Å². The lowest BCUT2D eigenvalue weighted by molar-refractivity contribution is 0.538. The quantitative estimate of drug-likeness (QED) is 0.804. The summed E-state index contributed by atoms with van der Waals surface area (Å²) >= 11 is 0. The van der Waals surface area contributed by atoms with Crippen LogP contribution in [-0.4, -0.2) is 14.5 Å². The molecule has 3 N–H and O–H groups in total. The monoisotopic (exact) mass is 258 g/mol. The molecule has 0 aliphatic heterocycles. The Morgan fingerprint density at radius 2 is 2.12 bits per heavy atom. The lowest BCUT2D eigenvalue weighted by atomic mass is 10.2. The minimum Gasteiger partial charge on any atom is -0.396 e. The number of nitrogens with two attached hydrogens (primary N) is 1. The smallest absolute Gasteiger partial charge is 0.240 e. The molecule has 0 amide bonds. The van der Waals surface area contributed by atoms with E-state index in [2.05, 4.69) is 4.72 Å². The Bertz CT molecular complexity index is 526. The molecule has 2 rings (SSSR count). The summed E-state index contributed by atoms with van der Waals surface area (Å²) < 4.78 is 39.4. The molecule has 0 saturated heterocycles. The molecular formula is C11H15FN2O2S. The van der Waals surface area contributed by atoms with Gasteiger partial charge in [0.1, 0.15) is 5.82 Å². The lowest BCUT2D eigenvalue weighted by Gasteiger charge is -2.13. The van der Waals surface area contributed by atoms with Crippen LogP contribution in [0.2, 0.25) is 0 Å². The first-order chi connectivity index (χ1) is 7.90. The Morgan fingerprint density at radius 3 is 2.65 bits per heavy atom. The molecule has 1 fully saturated rings. The number of nitrogen functional groups attached to an aromatic ring is 1. The number of benzene rings is 1. The predicted molar refractivity (Wildman–Crippen MR) is 63.3 cm³/mol. The SMILES string of the molecule is CC(NS(=O)(=O)c1ccc(F)c(N)c1)C1CC1. The van der Waals surface area contributed by atoms with Crippen molar-refractivity contribution in [3.8, 4) is 0 Å². The fraction of sp³-hybridized carbons (Fsp3) is 0.455. The maximum atomic E-state index is 12.9. The largest absolute Gasteiger partial charge is 0.396 e. The molecule has 4 nitrogen and oxygen atoms in total. The molecule has 0 spiro atoms. The molecule has 94 valence electrons. The van der Waals surface area contributed by atoms with Gasteiger partial charge in [-0.15, -0.1) is 0 Å². The van der Waals surface area contributed by atoms with Crippen LogP contribution in [0.15, 0.2) is 23.1 Å². The maximum Gasteiger partial charge on any atom is 0.240 e. The highest BCUT2D eigenvalue weighted by Crippen LogP contribution is 2.33. The number of hydrogen-bond acceptors (Lipinski definition) is 3. The summed E-state index contributed by atoms with van der Waals surface area (Å²) in [5, 5.41) is 0. The lowest BCUT2D eigenvalue weighted by Crippen LogP contribution is -2.34. The first kappa shape index (κ1) is 12.3. The first-order valence-corrected chi connectivity index (χ1v) is 6.96. The van der Waals surface area contributed by atoms with Gasteiger partial charge in [-0.2, -0.15) is 0 Å². The van der Waals surface area contributed by atoms with Crippen LogP contribution >= 0.6 is 0 Å². The Morgan fingerprint density at radius 1 is 1.47 bits per heavy atom. The van der Waals surface area contributed by atoms with E-state index in [0.29, 0.717) is 5.92 Å². The van der Waals surface area contributed by atoms with E-state index >= 15 is 0 Å². The summed E-state index contributed by atoms with van der Waals surface area (Å²) in [5.41, 5.74) is 5.19. The zero-order valence-corrected chi connectivity index (χ0v) is 10.3. The molecule has 1 aliphatic rings. The second kappa shape index (κ2) is 4.27. The van der Waals surface area contributed by atoms with Crippen molar-refractivity contribution in [3.63, 3.8) is 0 Å². The van der Waals surface area contributed by atoms with Crippen molar-refractivity contribution >= 4 is 15.7 Å². The molecule has 0 radical (unpaired) electrons. The number of anilines is 1. The highest BCUT2D eigenvalue weighted by atomic mass is 32.2. The Kier molecular flexibility index (Phi) is 3.09. The van der Waals surface area contributed by atoms with Gasteiger partial charge in [0.2, 0.25) is 10.0 Å². The third-order valence-electron chi connectivity index (χ3n) is 2.95. The average molecular weight is 258 g/mol. The van der Waals surface area contributed by atoms with E-state index in [1.165, 1.54) is 6.07 Å². The Labute approximate surface area is 100 Å². The van der Waals surface area contributed by atoms with Crippen molar-refractivity contribution in [3.05, 3.63) is 24.0 Å². The standard InChI is InChI=1S/C11H15FN2O2S/c1-7(8-2-3-8)14-17(15,16)9-4-5-10(12)11(13)6-9/h4-8,14H,2-3,13H2,1H3. The molecule has 1 aromatic carbocycles. The van der Waals surface area contributed by atoms with Gasteiger partial charge in [-0.05, 0) is 43.9 Å². The van der Waals surface area contributed by atoms with E-state index in [1.807, 2.05) is 6.92 Å². The minimum atomic E-state index is -3.60. The third kappa shape index (κ3) is 2.76. The molecule has 1 aliphatic carbocycles. The number of nitrogens with one attached hydrogen (secondary N) is 1. The van der Waals surface area contributed by atoms with E-state index in [9.17, 15) is 12.8 Å². The summed E-state index contributed by atoms with van der Waals surface area (Å²) in [7, 11) is -3.60. The van der Waals surface area contributed by atoms with Gasteiger partial charge in [0.25, 0.3) is 0 Å². The van der Waals surface area contributed by atoms with E-state index < -0.39 is 15.8 Å². The van der Waals surface area contributed by atoms with Gasteiger partial charge >= 0.3 is 0 Å². The van der Waals surface area contributed by atoms with E-state index in [0.717, 1.165) is 25.0 Å². The van der Waals surface area contributed by atoms with Crippen molar-refractivity contribution in [1.29, 1.82) is 0 Å². The van der Waals surface area contributed by atoms with Gasteiger partial charge in [0.15, 0.2) is 0 Å². The minimum absolute atomic E-state index is 0.00361. The third-order valence-corrected chi connectivity index (χ3v) is 4.50. The van der Waals surface area contributed by atoms with E-state index in [1.54, 1.807) is 0 Å². The summed E-state index contributed by atoms with van der Waals surface area (Å²) in [4.78, 5) is 0.00361. The Hall–Kier alpha value is -1.14. The van der Waals surface area contributed by atoms with Crippen molar-refractivity contribution in [2.75, 3.05) is 5.73 Å². The second-order valence-corrected chi connectivity index (χ2v) is 6.14. The van der Waals surface area contributed by atoms with Gasteiger partial charge in [0, 0.05) is 6.04 Å². The number of sulfonamides is 1. The topological polar surface area (TPSA) is 72.2 Å². The zero-order valence-electron chi connectivity index (χ0n) is 9.48. The molecule has 0 aromatic heterocycles. The van der Waals surface area contributed by atoms with Crippen molar-refractivity contribution in [2.24, 2.45) is 5.92 Å². The molecule has 1 saturated carbocycles. The molecule has 1 unspecified atom stereocenters. The number of hydrogen-bond donors (Lipinski definition) is 2. The average Bonchev–Trinajstić information content (AvgIpc) is 3.04. The number of halogens is 1. The van der Waals surface area contributed by atoms with Crippen LogP contribution in [0.3, 0.4) is 0 Å². The predicted octanol–water partition coefficient (Wildman–Crippen LogP) is 1.48. The molecule has 17 heavy (non-hydrogen) atoms. The van der Waals surface area contributed by atoms with Crippen molar-refractivity contribution in [1.82, 2.24) is 4.72 Å². The highest BCUT2D eigenvalue weighted by molar-refractivity contribution is 7.89. The summed E-state index contributed by atoms with van der Waals surface area (Å²) in [5.74, 6) is -0.193. The molecular weight excluding hydrogens is 243 g/mol. The van der Waals surface area contributed by atoms with Gasteiger partial charge in [-0.3, -0.25) is 0 Å². The van der Waals surface area contributed by atoms with Gasteiger partial charge in [-0.1, -0.05) is 0 Å². The highest BCUT2D eigenvalue weighted by Gasteiger charge is 2.31. The molecule has 0 heterocycles. The van der Waals surface area contributed by atoms with Gasteiger partial charge in [-0.25, -0.2) is 17.5 Å². The van der Waals surface area contributed by atoms with Gasteiger partial charge < -0.3 is 5.73 Å². The van der Waals surface area contributed by atoms with E-state index in [-0.39, 0.29) is 16.6 Å². The fourth-order valence-corrected chi connectivity index (χ4v) is 3.04. The summed E-state index contributed by atoms with van der Waals surface area (Å²) in [6.45, 7) is 1.84. The van der Waals surface area contributed by atoms with Crippen LogP contribution in [0.1, 0.15) is 19.8 Å². The number of rotatable bonds is 4. The van der Waals surface area contributed by atoms with Crippen LogP contribution in [0.25, 0.3) is 0 Å². The molecule has 6 heteroatoms. The van der Waals surface area contributed by atoms with Crippen LogP contribution in [-0.2, 0) is 10.0 Å². The summed E-state index contributed by atoms with van der Waals surface area (Å²) in [6, 6.07) is 3.32.